The number of ether oxygens (including phenoxy) is 1. The first kappa shape index (κ1) is 28.6. The number of aliphatic imine (C=N–C) groups is 1. The summed E-state index contributed by atoms with van der Waals surface area (Å²) in [5.74, 6) is 0.854. The monoisotopic (exact) mass is 556 g/mol. The molecule has 1 aromatic heterocycles. The number of likely N-dealkylation sites (N-methyl/N-ethyl adjacent to an activating group) is 1. The number of aromatic nitrogens is 2. The number of piperazine rings is 1. The number of carbonyl (C=O) groups excluding carboxylic acids is 1. The van der Waals surface area contributed by atoms with Crippen molar-refractivity contribution in [1.82, 2.24) is 14.9 Å². The van der Waals surface area contributed by atoms with Gasteiger partial charge in [-0.05, 0) is 37.4 Å². The van der Waals surface area contributed by atoms with Crippen molar-refractivity contribution in [1.29, 1.82) is 0 Å². The lowest BCUT2D eigenvalue weighted by atomic mass is 10.2. The van der Waals surface area contributed by atoms with Gasteiger partial charge in [0.05, 0.1) is 19.0 Å². The fraction of sp³-hybridized carbons (Fsp3) is 0.333. The first-order chi connectivity index (χ1) is 19.1. The molecule has 10 nitrogen and oxygen atoms in total. The lowest BCUT2D eigenvalue weighted by Crippen LogP contribution is -2.44. The van der Waals surface area contributed by atoms with E-state index in [0.717, 1.165) is 43.8 Å². The lowest BCUT2D eigenvalue weighted by molar-refractivity contribution is -0.107. The highest BCUT2D eigenvalue weighted by Gasteiger charge is 2.36. The van der Waals surface area contributed by atoms with Crippen molar-refractivity contribution in [2.24, 2.45) is 4.99 Å². The van der Waals surface area contributed by atoms with E-state index in [2.05, 4.69) is 42.4 Å². The Kier molecular flexibility index (Phi) is 8.73. The van der Waals surface area contributed by atoms with Crippen LogP contribution in [0.1, 0.15) is 0 Å². The molecule has 2 N–H and O–H groups in total. The van der Waals surface area contributed by atoms with Gasteiger partial charge in [0.1, 0.15) is 11.4 Å². The van der Waals surface area contributed by atoms with Crippen LogP contribution in [-0.4, -0.2) is 87.5 Å². The van der Waals surface area contributed by atoms with E-state index in [9.17, 15) is 18.0 Å². The molecule has 2 aromatic carbocycles. The van der Waals surface area contributed by atoms with E-state index in [-0.39, 0.29) is 23.7 Å². The molecule has 212 valence electrons. The van der Waals surface area contributed by atoms with Crippen LogP contribution in [0.5, 0.6) is 5.75 Å². The third kappa shape index (κ3) is 6.60. The minimum absolute atomic E-state index is 0.0652. The van der Waals surface area contributed by atoms with E-state index >= 15 is 0 Å². The van der Waals surface area contributed by atoms with E-state index in [1.54, 1.807) is 44.3 Å². The van der Waals surface area contributed by atoms with Gasteiger partial charge in [0.25, 0.3) is 0 Å². The third-order valence-corrected chi connectivity index (χ3v) is 6.51. The zero-order valence-electron chi connectivity index (χ0n) is 22.7. The molecule has 4 rings (SSSR count). The maximum Gasteiger partial charge on any atom is 0.436 e. The Morgan fingerprint density at radius 2 is 1.88 bits per heavy atom. The van der Waals surface area contributed by atoms with Gasteiger partial charge < -0.3 is 30.1 Å². The summed E-state index contributed by atoms with van der Waals surface area (Å²) < 4.78 is 45.6. The summed E-state index contributed by atoms with van der Waals surface area (Å²) in [6.07, 6.45) is -4.11. The summed E-state index contributed by atoms with van der Waals surface area (Å²) in [4.78, 5) is 29.5. The number of rotatable bonds is 9. The summed E-state index contributed by atoms with van der Waals surface area (Å²) in [5, 5.41) is 6.12. The smallest absolute Gasteiger partial charge is 0.436 e. The lowest BCUT2D eigenvalue weighted by Gasteiger charge is -2.34. The predicted molar refractivity (Wildman–Crippen MR) is 151 cm³/mol. The van der Waals surface area contributed by atoms with Gasteiger partial charge in [0, 0.05) is 63.4 Å². The van der Waals surface area contributed by atoms with Crippen LogP contribution in [0.15, 0.2) is 53.7 Å². The van der Waals surface area contributed by atoms with Gasteiger partial charge in [-0.3, -0.25) is 4.79 Å². The number of benzene rings is 2. The van der Waals surface area contributed by atoms with Crippen LogP contribution in [0.3, 0.4) is 0 Å². The van der Waals surface area contributed by atoms with Gasteiger partial charge in [-0.15, -0.1) is 0 Å². The Morgan fingerprint density at radius 3 is 2.52 bits per heavy atom. The van der Waals surface area contributed by atoms with Gasteiger partial charge in [-0.1, -0.05) is 6.07 Å². The Bertz CT molecular complexity index is 1370. The Morgan fingerprint density at radius 1 is 1.12 bits per heavy atom. The molecule has 0 atom stereocenters. The third-order valence-electron chi connectivity index (χ3n) is 6.51. The first-order valence-electron chi connectivity index (χ1n) is 12.5. The van der Waals surface area contributed by atoms with Gasteiger partial charge in [-0.2, -0.15) is 18.2 Å². The van der Waals surface area contributed by atoms with Crippen LogP contribution in [0.2, 0.25) is 0 Å². The van der Waals surface area contributed by atoms with Gasteiger partial charge >= 0.3 is 6.18 Å². The van der Waals surface area contributed by atoms with Crippen molar-refractivity contribution in [3.63, 3.8) is 0 Å². The summed E-state index contributed by atoms with van der Waals surface area (Å²) in [6, 6.07) is 12.8. The van der Waals surface area contributed by atoms with E-state index < -0.39 is 11.9 Å². The number of nitrogens with zero attached hydrogens (tertiary/aromatic N) is 6. The highest BCUT2D eigenvalue weighted by atomic mass is 19.4. The molecular weight excluding hydrogens is 525 g/mol. The van der Waals surface area contributed by atoms with Gasteiger partial charge in [-0.25, -0.2) is 9.98 Å². The Balaban J connectivity index is 1.70. The Hall–Kier alpha value is -4.39. The fourth-order valence-electron chi connectivity index (χ4n) is 4.22. The SMILES string of the molecule is CNc1cccc(N(C)c2nc(Nc3ccc(N4CCN(C)CC4)c(OC)c3)ncc2N=C(C=O)C(F)(F)F)c1. The number of anilines is 6. The maximum absolute atomic E-state index is 13.3. The molecule has 1 fully saturated rings. The van der Waals surface area contributed by atoms with Crippen LogP contribution < -0.4 is 25.2 Å². The molecule has 0 aliphatic carbocycles. The van der Waals surface area contributed by atoms with E-state index in [1.165, 1.54) is 0 Å². The summed E-state index contributed by atoms with van der Waals surface area (Å²) in [5.41, 5.74) is 1.21. The molecule has 40 heavy (non-hydrogen) atoms. The molecule has 0 spiro atoms. The number of nitrogens with one attached hydrogen (secondary N) is 2. The van der Waals surface area contributed by atoms with Crippen molar-refractivity contribution in [2.75, 3.05) is 74.9 Å². The molecule has 3 aromatic rings. The van der Waals surface area contributed by atoms with E-state index in [4.69, 9.17) is 4.74 Å². The molecule has 0 saturated carbocycles. The minimum Gasteiger partial charge on any atom is -0.495 e. The number of halogens is 3. The summed E-state index contributed by atoms with van der Waals surface area (Å²) in [7, 11) is 7.08. The van der Waals surface area contributed by atoms with E-state index in [1.807, 2.05) is 24.3 Å². The quantitative estimate of drug-likeness (QED) is 0.289. The number of hydrogen-bond donors (Lipinski definition) is 2. The van der Waals surface area contributed by atoms with Crippen LogP contribution in [0.4, 0.5) is 53.4 Å². The molecule has 13 heteroatoms. The number of alkyl halides is 3. The second-order valence-corrected chi connectivity index (χ2v) is 9.18. The van der Waals surface area contributed by atoms with Crippen LogP contribution >= 0.6 is 0 Å². The molecule has 0 bridgehead atoms. The van der Waals surface area contributed by atoms with Crippen molar-refractivity contribution >= 4 is 52.2 Å². The molecule has 0 radical (unpaired) electrons. The maximum atomic E-state index is 13.3. The molecule has 1 aliphatic rings. The second-order valence-electron chi connectivity index (χ2n) is 9.18. The first-order valence-corrected chi connectivity index (χ1v) is 12.5. The second kappa shape index (κ2) is 12.2. The number of methoxy groups -OCH3 is 1. The highest BCUT2D eigenvalue weighted by molar-refractivity contribution is 6.31. The standard InChI is InChI=1S/C27H31F3N8O2/c1-31-18-6-5-7-20(14-18)37(3)25-21(34-24(17-39)27(28,29)30)16-32-26(35-25)33-19-8-9-22(23(15-19)40-4)38-12-10-36(2)11-13-38/h5-9,14-17,31H,10-13H2,1-4H3,(H,32,33,35). The number of aldehydes is 1. The zero-order valence-corrected chi connectivity index (χ0v) is 22.7. The molecule has 1 saturated heterocycles. The Labute approximate surface area is 230 Å². The van der Waals surface area contributed by atoms with Crippen molar-refractivity contribution < 1.29 is 22.7 Å². The van der Waals surface area contributed by atoms with Crippen LogP contribution in [-0.2, 0) is 4.79 Å². The largest absolute Gasteiger partial charge is 0.495 e. The number of hydrogen-bond acceptors (Lipinski definition) is 10. The van der Waals surface area contributed by atoms with Crippen LogP contribution in [0.25, 0.3) is 0 Å². The van der Waals surface area contributed by atoms with Crippen molar-refractivity contribution in [2.45, 2.75) is 6.18 Å². The van der Waals surface area contributed by atoms with Gasteiger partial charge in [0.2, 0.25) is 5.95 Å². The molecule has 0 amide bonds. The normalized spacial score (nSPS) is 14.6. The number of carbonyl (C=O) groups is 1. The van der Waals surface area contributed by atoms with Gasteiger partial charge in [0.15, 0.2) is 17.8 Å². The predicted octanol–water partition coefficient (Wildman–Crippen LogP) is 4.62. The molecule has 0 unspecified atom stereocenters. The highest BCUT2D eigenvalue weighted by Crippen LogP contribution is 2.36. The van der Waals surface area contributed by atoms with E-state index in [0.29, 0.717) is 17.1 Å². The average molecular weight is 557 g/mol. The fourth-order valence-corrected chi connectivity index (χ4v) is 4.22. The van der Waals surface area contributed by atoms with Crippen LogP contribution in [0, 0.1) is 0 Å². The molecule has 2 heterocycles. The van der Waals surface area contributed by atoms with Crippen molar-refractivity contribution in [3.8, 4) is 5.75 Å². The topological polar surface area (TPSA) is 98.2 Å². The average Bonchev–Trinajstić information content (AvgIpc) is 2.95. The molecule has 1 aliphatic heterocycles. The minimum atomic E-state index is -4.93. The zero-order chi connectivity index (χ0) is 28.9. The summed E-state index contributed by atoms with van der Waals surface area (Å²) >= 11 is 0. The summed E-state index contributed by atoms with van der Waals surface area (Å²) in [6.45, 7) is 3.63. The molecular formula is C27H31F3N8O2. The van der Waals surface area contributed by atoms with Crippen molar-refractivity contribution in [3.05, 3.63) is 48.7 Å².